The summed E-state index contributed by atoms with van der Waals surface area (Å²) in [5.41, 5.74) is 5.64. The first kappa shape index (κ1) is 13.4. The van der Waals surface area contributed by atoms with Crippen LogP contribution in [0.25, 0.3) is 0 Å². The molecule has 4 nitrogen and oxygen atoms in total. The summed E-state index contributed by atoms with van der Waals surface area (Å²) in [4.78, 5) is 11.4. The van der Waals surface area contributed by atoms with Crippen molar-refractivity contribution < 1.29 is 9.53 Å². The lowest BCUT2D eigenvalue weighted by Crippen LogP contribution is -2.42. The van der Waals surface area contributed by atoms with E-state index >= 15 is 0 Å². The van der Waals surface area contributed by atoms with E-state index in [9.17, 15) is 4.79 Å². The van der Waals surface area contributed by atoms with Gasteiger partial charge in [-0.3, -0.25) is 4.79 Å². The first-order valence-corrected chi connectivity index (χ1v) is 5.14. The standard InChI is InChI=1S/C10H22N2O2/c1-4-5-9(11)10(13)12-6-8(2)7-14-3/h8-9H,4-7,11H2,1-3H3,(H,12,13)/t8?,9-/m1/s1. The molecule has 0 aliphatic heterocycles. The molecular weight excluding hydrogens is 180 g/mol. The van der Waals surface area contributed by atoms with Crippen molar-refractivity contribution in [3.8, 4) is 0 Å². The molecule has 1 amide bonds. The van der Waals surface area contributed by atoms with Gasteiger partial charge in [0, 0.05) is 13.7 Å². The Kier molecular flexibility index (Phi) is 7.42. The summed E-state index contributed by atoms with van der Waals surface area (Å²) in [6.45, 7) is 5.32. The van der Waals surface area contributed by atoms with Crippen LogP contribution in [0.15, 0.2) is 0 Å². The minimum absolute atomic E-state index is 0.0604. The Morgan fingerprint density at radius 3 is 2.71 bits per heavy atom. The third-order valence-electron chi connectivity index (χ3n) is 2.01. The zero-order chi connectivity index (χ0) is 11.0. The highest BCUT2D eigenvalue weighted by Crippen LogP contribution is 1.95. The van der Waals surface area contributed by atoms with Crippen molar-refractivity contribution in [1.29, 1.82) is 0 Å². The largest absolute Gasteiger partial charge is 0.384 e. The third kappa shape index (κ3) is 5.94. The number of hydrogen-bond acceptors (Lipinski definition) is 3. The Bertz CT molecular complexity index is 162. The molecule has 0 aromatic carbocycles. The van der Waals surface area contributed by atoms with Crippen LogP contribution >= 0.6 is 0 Å². The predicted molar refractivity (Wildman–Crippen MR) is 56.9 cm³/mol. The lowest BCUT2D eigenvalue weighted by Gasteiger charge is -2.14. The van der Waals surface area contributed by atoms with E-state index in [1.165, 1.54) is 0 Å². The predicted octanol–water partition coefficient (Wildman–Crippen LogP) is 0.513. The number of rotatable bonds is 7. The van der Waals surface area contributed by atoms with Gasteiger partial charge in [0.1, 0.15) is 0 Å². The molecule has 0 spiro atoms. The highest BCUT2D eigenvalue weighted by Gasteiger charge is 2.12. The Morgan fingerprint density at radius 2 is 2.21 bits per heavy atom. The maximum Gasteiger partial charge on any atom is 0.236 e. The summed E-state index contributed by atoms with van der Waals surface area (Å²) >= 11 is 0. The van der Waals surface area contributed by atoms with Gasteiger partial charge in [0.25, 0.3) is 0 Å². The molecule has 3 N–H and O–H groups in total. The van der Waals surface area contributed by atoms with Gasteiger partial charge in [0.15, 0.2) is 0 Å². The van der Waals surface area contributed by atoms with Crippen LogP contribution in [0.4, 0.5) is 0 Å². The Hall–Kier alpha value is -0.610. The number of amides is 1. The monoisotopic (exact) mass is 202 g/mol. The average Bonchev–Trinajstić information content (AvgIpc) is 2.15. The maximum absolute atomic E-state index is 11.4. The Labute approximate surface area is 86.2 Å². The van der Waals surface area contributed by atoms with E-state index in [0.29, 0.717) is 19.1 Å². The number of nitrogens with two attached hydrogens (primary N) is 1. The molecule has 14 heavy (non-hydrogen) atoms. The zero-order valence-corrected chi connectivity index (χ0v) is 9.38. The average molecular weight is 202 g/mol. The summed E-state index contributed by atoms with van der Waals surface area (Å²) in [5, 5.41) is 2.81. The third-order valence-corrected chi connectivity index (χ3v) is 2.01. The maximum atomic E-state index is 11.4. The number of carbonyl (C=O) groups excluding carboxylic acids is 1. The molecule has 0 saturated carbocycles. The van der Waals surface area contributed by atoms with Gasteiger partial charge in [-0.05, 0) is 12.3 Å². The van der Waals surface area contributed by atoms with Gasteiger partial charge in [-0.1, -0.05) is 20.3 Å². The van der Waals surface area contributed by atoms with Gasteiger partial charge in [-0.2, -0.15) is 0 Å². The topological polar surface area (TPSA) is 64.4 Å². The van der Waals surface area contributed by atoms with Crippen molar-refractivity contribution in [1.82, 2.24) is 5.32 Å². The quantitative estimate of drug-likeness (QED) is 0.632. The van der Waals surface area contributed by atoms with Gasteiger partial charge < -0.3 is 15.8 Å². The van der Waals surface area contributed by atoms with Crippen molar-refractivity contribution in [2.75, 3.05) is 20.3 Å². The highest BCUT2D eigenvalue weighted by molar-refractivity contribution is 5.81. The van der Waals surface area contributed by atoms with Crippen LogP contribution in [0, 0.1) is 5.92 Å². The van der Waals surface area contributed by atoms with Crippen molar-refractivity contribution in [3.63, 3.8) is 0 Å². The second-order valence-electron chi connectivity index (χ2n) is 3.70. The highest BCUT2D eigenvalue weighted by atomic mass is 16.5. The Morgan fingerprint density at radius 1 is 1.57 bits per heavy atom. The molecule has 0 radical (unpaired) electrons. The van der Waals surface area contributed by atoms with Crippen LogP contribution in [0.2, 0.25) is 0 Å². The van der Waals surface area contributed by atoms with Crippen molar-refractivity contribution in [2.45, 2.75) is 32.7 Å². The molecule has 2 atom stereocenters. The zero-order valence-electron chi connectivity index (χ0n) is 9.38. The normalized spacial score (nSPS) is 14.9. The minimum atomic E-state index is -0.366. The van der Waals surface area contributed by atoms with E-state index in [-0.39, 0.29) is 11.9 Å². The van der Waals surface area contributed by atoms with Crippen molar-refractivity contribution in [2.24, 2.45) is 11.7 Å². The molecule has 84 valence electrons. The molecule has 0 fully saturated rings. The number of methoxy groups -OCH3 is 1. The van der Waals surface area contributed by atoms with Crippen molar-refractivity contribution in [3.05, 3.63) is 0 Å². The smallest absolute Gasteiger partial charge is 0.236 e. The molecular formula is C10H22N2O2. The summed E-state index contributed by atoms with van der Waals surface area (Å²) in [5.74, 6) is 0.271. The lowest BCUT2D eigenvalue weighted by atomic mass is 10.1. The van der Waals surface area contributed by atoms with Crippen LogP contribution < -0.4 is 11.1 Å². The Balaban J connectivity index is 3.61. The van der Waals surface area contributed by atoms with Gasteiger partial charge in [-0.15, -0.1) is 0 Å². The lowest BCUT2D eigenvalue weighted by molar-refractivity contribution is -0.122. The number of ether oxygens (including phenoxy) is 1. The van der Waals surface area contributed by atoms with E-state index in [4.69, 9.17) is 10.5 Å². The van der Waals surface area contributed by atoms with E-state index < -0.39 is 0 Å². The minimum Gasteiger partial charge on any atom is -0.384 e. The summed E-state index contributed by atoms with van der Waals surface area (Å²) < 4.78 is 4.96. The second kappa shape index (κ2) is 7.76. The molecule has 0 aromatic rings. The molecule has 0 aliphatic carbocycles. The fourth-order valence-electron chi connectivity index (χ4n) is 1.19. The van der Waals surface area contributed by atoms with E-state index in [1.807, 2.05) is 13.8 Å². The van der Waals surface area contributed by atoms with E-state index in [1.54, 1.807) is 7.11 Å². The first-order valence-electron chi connectivity index (χ1n) is 5.14. The van der Waals surface area contributed by atoms with E-state index in [2.05, 4.69) is 5.32 Å². The fourth-order valence-corrected chi connectivity index (χ4v) is 1.19. The van der Waals surface area contributed by atoms with Crippen molar-refractivity contribution >= 4 is 5.91 Å². The van der Waals surface area contributed by atoms with Crippen LogP contribution in [-0.2, 0) is 9.53 Å². The SMILES string of the molecule is CCC[C@@H](N)C(=O)NCC(C)COC. The summed E-state index contributed by atoms with van der Waals surface area (Å²) in [6, 6.07) is -0.366. The molecule has 4 heteroatoms. The fraction of sp³-hybridized carbons (Fsp3) is 0.900. The molecule has 0 aliphatic rings. The number of carbonyl (C=O) groups is 1. The first-order chi connectivity index (χ1) is 6.61. The number of nitrogens with one attached hydrogen (secondary N) is 1. The van der Waals surface area contributed by atoms with Gasteiger partial charge in [0.2, 0.25) is 5.91 Å². The molecule has 0 saturated heterocycles. The van der Waals surface area contributed by atoms with Crippen LogP contribution in [0.1, 0.15) is 26.7 Å². The summed E-state index contributed by atoms with van der Waals surface area (Å²) in [6.07, 6.45) is 1.67. The number of hydrogen-bond donors (Lipinski definition) is 2. The van der Waals surface area contributed by atoms with Crippen LogP contribution in [-0.4, -0.2) is 32.2 Å². The molecule has 1 unspecified atom stereocenters. The molecule has 0 aromatic heterocycles. The molecule has 0 bridgehead atoms. The van der Waals surface area contributed by atoms with Crippen LogP contribution in [0.3, 0.4) is 0 Å². The summed E-state index contributed by atoms with van der Waals surface area (Å²) in [7, 11) is 1.65. The second-order valence-corrected chi connectivity index (χ2v) is 3.70. The van der Waals surface area contributed by atoms with Crippen LogP contribution in [0.5, 0.6) is 0 Å². The van der Waals surface area contributed by atoms with E-state index in [0.717, 1.165) is 12.8 Å². The molecule has 0 rings (SSSR count). The molecule has 0 heterocycles. The van der Waals surface area contributed by atoms with Gasteiger partial charge >= 0.3 is 0 Å². The van der Waals surface area contributed by atoms with Gasteiger partial charge in [0.05, 0.1) is 12.6 Å². The van der Waals surface area contributed by atoms with Gasteiger partial charge in [-0.25, -0.2) is 0 Å².